The summed E-state index contributed by atoms with van der Waals surface area (Å²) in [5.74, 6) is 3.40. The van der Waals surface area contributed by atoms with E-state index in [2.05, 4.69) is 50.2 Å². The third-order valence-electron chi connectivity index (χ3n) is 7.44. The van der Waals surface area contributed by atoms with Crippen LogP contribution in [0.2, 0.25) is 0 Å². The van der Waals surface area contributed by atoms with E-state index in [-0.39, 0.29) is 11.2 Å². The Kier molecular flexibility index (Phi) is 8.07. The molecule has 3 aromatic rings. The first kappa shape index (κ1) is 24.5. The Morgan fingerprint density at radius 1 is 1.00 bits per heavy atom. The molecular formula is C30H41NO3. The van der Waals surface area contributed by atoms with Crippen molar-refractivity contribution in [3.8, 4) is 11.5 Å². The van der Waals surface area contributed by atoms with Gasteiger partial charge in [0.2, 0.25) is 0 Å². The third kappa shape index (κ3) is 5.89. The van der Waals surface area contributed by atoms with E-state index in [1.165, 1.54) is 36.9 Å². The number of furan rings is 1. The summed E-state index contributed by atoms with van der Waals surface area (Å²) in [5, 5.41) is 10.5. The lowest BCUT2D eigenvalue weighted by molar-refractivity contribution is 0.162. The second kappa shape index (κ2) is 11.2. The number of phenols is 1. The van der Waals surface area contributed by atoms with Gasteiger partial charge in [0.15, 0.2) is 11.5 Å². The zero-order valence-electron chi connectivity index (χ0n) is 21.2. The molecule has 0 bridgehead atoms. The molecule has 184 valence electrons. The first-order chi connectivity index (χ1) is 16.5. The minimum Gasteiger partial charge on any atom is -0.504 e. The molecule has 0 saturated heterocycles. The molecule has 0 unspecified atom stereocenters. The number of aromatic hydroxyl groups is 1. The van der Waals surface area contributed by atoms with Crippen LogP contribution in [0.15, 0.2) is 47.0 Å². The molecule has 2 heterocycles. The zero-order valence-corrected chi connectivity index (χ0v) is 21.2. The van der Waals surface area contributed by atoms with Crippen LogP contribution in [0.4, 0.5) is 0 Å². The Hall–Kier alpha value is -2.62. The monoisotopic (exact) mass is 463 g/mol. The highest BCUT2D eigenvalue weighted by atomic mass is 16.5. The van der Waals surface area contributed by atoms with Crippen LogP contribution in [-0.2, 0) is 24.7 Å². The highest BCUT2D eigenvalue weighted by Crippen LogP contribution is 2.41. The maximum absolute atomic E-state index is 10.5. The SMILES string of the molecule is CCCCc1ccc(CCc2ccc(O)c(OCC3(c4cc(C(C)C)c[nH]4)CCCCC3)c2)o1. The lowest BCUT2D eigenvalue weighted by Crippen LogP contribution is -2.36. The van der Waals surface area contributed by atoms with Crippen LogP contribution in [0, 0.1) is 0 Å². The van der Waals surface area contributed by atoms with Crippen LogP contribution < -0.4 is 4.74 Å². The Morgan fingerprint density at radius 3 is 2.47 bits per heavy atom. The average Bonchev–Trinajstić information content (AvgIpc) is 3.52. The van der Waals surface area contributed by atoms with E-state index in [0.29, 0.717) is 18.3 Å². The Labute approximate surface area is 204 Å². The molecule has 2 aromatic heterocycles. The number of H-pyrrole nitrogens is 1. The van der Waals surface area contributed by atoms with Crippen molar-refractivity contribution in [1.82, 2.24) is 4.98 Å². The first-order valence-corrected chi connectivity index (χ1v) is 13.2. The Bertz CT molecular complexity index is 1040. The number of ether oxygens (including phenoxy) is 1. The predicted molar refractivity (Wildman–Crippen MR) is 138 cm³/mol. The second-order valence-electron chi connectivity index (χ2n) is 10.4. The smallest absolute Gasteiger partial charge is 0.161 e. The predicted octanol–water partition coefficient (Wildman–Crippen LogP) is 7.85. The van der Waals surface area contributed by atoms with Crippen molar-refractivity contribution in [2.75, 3.05) is 6.61 Å². The topological polar surface area (TPSA) is 58.4 Å². The molecule has 0 radical (unpaired) electrons. The number of aromatic amines is 1. The Balaban J connectivity index is 1.43. The Morgan fingerprint density at radius 2 is 1.76 bits per heavy atom. The van der Waals surface area contributed by atoms with Crippen molar-refractivity contribution in [1.29, 1.82) is 0 Å². The normalized spacial score (nSPS) is 15.6. The third-order valence-corrected chi connectivity index (χ3v) is 7.44. The number of nitrogens with one attached hydrogen (secondary N) is 1. The lowest BCUT2D eigenvalue weighted by Gasteiger charge is -2.36. The van der Waals surface area contributed by atoms with E-state index in [1.54, 1.807) is 6.07 Å². The van der Waals surface area contributed by atoms with E-state index in [0.717, 1.165) is 55.6 Å². The van der Waals surface area contributed by atoms with Gasteiger partial charge in [-0.05, 0) is 73.1 Å². The van der Waals surface area contributed by atoms with E-state index >= 15 is 0 Å². The van der Waals surface area contributed by atoms with Crippen LogP contribution in [0.3, 0.4) is 0 Å². The molecule has 1 aliphatic carbocycles. The van der Waals surface area contributed by atoms with Crippen LogP contribution in [0.25, 0.3) is 0 Å². The number of hydrogen-bond donors (Lipinski definition) is 2. The van der Waals surface area contributed by atoms with Crippen LogP contribution >= 0.6 is 0 Å². The molecule has 1 aliphatic rings. The molecule has 4 heteroatoms. The molecule has 0 amide bonds. The van der Waals surface area contributed by atoms with Gasteiger partial charge in [0.05, 0.1) is 6.61 Å². The van der Waals surface area contributed by atoms with Gasteiger partial charge in [-0.3, -0.25) is 0 Å². The molecule has 1 saturated carbocycles. The summed E-state index contributed by atoms with van der Waals surface area (Å²) < 4.78 is 12.3. The standard InChI is InChI=1S/C30H41NO3/c1-4-5-9-25-13-14-26(34-25)12-10-23-11-15-27(32)28(18-23)33-21-30(16-7-6-8-17-30)29-19-24(20-31-29)22(2)3/h11,13-15,18-20,22,31-32H,4-10,12,16-17,21H2,1-3H3. The van der Waals surface area contributed by atoms with Gasteiger partial charge >= 0.3 is 0 Å². The fourth-order valence-corrected chi connectivity index (χ4v) is 5.13. The number of aryl methyl sites for hydroxylation is 3. The molecule has 0 spiro atoms. The van der Waals surface area contributed by atoms with Gasteiger partial charge < -0.3 is 19.2 Å². The fraction of sp³-hybridized carbons (Fsp3) is 0.533. The van der Waals surface area contributed by atoms with Gasteiger partial charge in [-0.1, -0.05) is 52.5 Å². The summed E-state index contributed by atoms with van der Waals surface area (Å²) in [6.07, 6.45) is 13.2. The summed E-state index contributed by atoms with van der Waals surface area (Å²) in [4.78, 5) is 3.56. The van der Waals surface area contributed by atoms with Crippen molar-refractivity contribution in [3.63, 3.8) is 0 Å². The molecule has 4 nitrogen and oxygen atoms in total. The lowest BCUT2D eigenvalue weighted by atomic mass is 9.72. The summed E-state index contributed by atoms with van der Waals surface area (Å²) in [5.41, 5.74) is 3.76. The van der Waals surface area contributed by atoms with Crippen molar-refractivity contribution in [2.45, 2.75) is 96.3 Å². The van der Waals surface area contributed by atoms with Gasteiger partial charge in [-0.15, -0.1) is 0 Å². The highest BCUT2D eigenvalue weighted by Gasteiger charge is 2.36. The second-order valence-corrected chi connectivity index (χ2v) is 10.4. The molecule has 2 N–H and O–H groups in total. The maximum Gasteiger partial charge on any atom is 0.161 e. The molecule has 4 rings (SSSR count). The molecule has 1 fully saturated rings. The summed E-state index contributed by atoms with van der Waals surface area (Å²) >= 11 is 0. The number of rotatable bonds is 11. The number of hydrogen-bond acceptors (Lipinski definition) is 3. The summed E-state index contributed by atoms with van der Waals surface area (Å²) in [6, 6.07) is 12.3. The van der Waals surface area contributed by atoms with Crippen molar-refractivity contribution >= 4 is 0 Å². The van der Waals surface area contributed by atoms with Gasteiger partial charge in [0.1, 0.15) is 11.5 Å². The van der Waals surface area contributed by atoms with Gasteiger partial charge in [-0.2, -0.15) is 0 Å². The van der Waals surface area contributed by atoms with Crippen LogP contribution in [-0.4, -0.2) is 16.7 Å². The van der Waals surface area contributed by atoms with E-state index in [4.69, 9.17) is 9.15 Å². The molecule has 0 aliphatic heterocycles. The minimum atomic E-state index is -0.0170. The largest absolute Gasteiger partial charge is 0.504 e. The van der Waals surface area contributed by atoms with Gasteiger partial charge in [-0.25, -0.2) is 0 Å². The summed E-state index contributed by atoms with van der Waals surface area (Å²) in [6.45, 7) is 7.25. The minimum absolute atomic E-state index is 0.0170. The first-order valence-electron chi connectivity index (χ1n) is 13.2. The van der Waals surface area contributed by atoms with Gasteiger partial charge in [0, 0.05) is 30.1 Å². The van der Waals surface area contributed by atoms with E-state index in [9.17, 15) is 5.11 Å². The van der Waals surface area contributed by atoms with Gasteiger partial charge in [0.25, 0.3) is 0 Å². The van der Waals surface area contributed by atoms with E-state index in [1.807, 2.05) is 12.1 Å². The maximum atomic E-state index is 10.5. The average molecular weight is 464 g/mol. The zero-order chi connectivity index (χ0) is 24.0. The van der Waals surface area contributed by atoms with Crippen LogP contribution in [0.1, 0.15) is 100.0 Å². The highest BCUT2D eigenvalue weighted by molar-refractivity contribution is 5.42. The molecule has 0 atom stereocenters. The van der Waals surface area contributed by atoms with E-state index < -0.39 is 0 Å². The van der Waals surface area contributed by atoms with Crippen molar-refractivity contribution < 1.29 is 14.3 Å². The summed E-state index contributed by atoms with van der Waals surface area (Å²) in [7, 11) is 0. The number of aromatic nitrogens is 1. The quantitative estimate of drug-likeness (QED) is 0.304. The fourth-order valence-electron chi connectivity index (χ4n) is 5.13. The van der Waals surface area contributed by atoms with Crippen molar-refractivity contribution in [2.24, 2.45) is 0 Å². The van der Waals surface area contributed by atoms with Crippen molar-refractivity contribution in [3.05, 3.63) is 70.9 Å². The number of phenolic OH excluding ortho intramolecular Hbond substituents is 1. The van der Waals surface area contributed by atoms with Crippen LogP contribution in [0.5, 0.6) is 11.5 Å². The number of benzene rings is 1. The molecule has 34 heavy (non-hydrogen) atoms. The molecule has 1 aromatic carbocycles. The number of unbranched alkanes of at least 4 members (excludes halogenated alkanes) is 1. The molecular weight excluding hydrogens is 422 g/mol.